The Morgan fingerprint density at radius 3 is 3.00 bits per heavy atom. The minimum atomic E-state index is 0.0218. The monoisotopic (exact) mass is 218 g/mol. The zero-order chi connectivity index (χ0) is 11.2. The highest BCUT2D eigenvalue weighted by molar-refractivity contribution is 5.40. The largest absolute Gasteiger partial charge is 0.486 e. The molecule has 0 saturated heterocycles. The van der Waals surface area contributed by atoms with Gasteiger partial charge in [-0.3, -0.25) is 0 Å². The number of para-hydroxylation sites is 2. The summed E-state index contributed by atoms with van der Waals surface area (Å²) >= 11 is 0. The maximum atomic E-state index is 8.39. The minimum absolute atomic E-state index is 0.0218. The fraction of sp³-hybridized carbons (Fsp3) is 0.417. The Morgan fingerprint density at radius 2 is 2.19 bits per heavy atom. The van der Waals surface area contributed by atoms with Gasteiger partial charge in [0.25, 0.3) is 0 Å². The van der Waals surface area contributed by atoms with E-state index in [1.54, 1.807) is 0 Å². The van der Waals surface area contributed by atoms with Crippen LogP contribution in [0.2, 0.25) is 0 Å². The lowest BCUT2D eigenvalue weighted by Gasteiger charge is -2.26. The van der Waals surface area contributed by atoms with Gasteiger partial charge in [0.1, 0.15) is 12.7 Å². The summed E-state index contributed by atoms with van der Waals surface area (Å²) in [5.41, 5.74) is 0. The van der Waals surface area contributed by atoms with Gasteiger partial charge in [0.05, 0.1) is 6.07 Å². The Balaban J connectivity index is 1.82. The summed E-state index contributed by atoms with van der Waals surface area (Å²) in [4.78, 5) is 0. The molecule has 0 amide bonds. The van der Waals surface area contributed by atoms with Crippen LogP contribution in [0.5, 0.6) is 11.5 Å². The maximum Gasteiger partial charge on any atom is 0.161 e. The third-order valence-electron chi connectivity index (χ3n) is 2.35. The van der Waals surface area contributed by atoms with Crippen molar-refractivity contribution in [2.75, 3.05) is 19.7 Å². The first kappa shape index (κ1) is 10.8. The fourth-order valence-corrected chi connectivity index (χ4v) is 1.57. The topological polar surface area (TPSA) is 54.3 Å². The Kier molecular flexibility index (Phi) is 3.62. The number of nitrogens with zero attached hydrogens (tertiary/aromatic N) is 1. The molecule has 1 unspecified atom stereocenters. The summed E-state index contributed by atoms with van der Waals surface area (Å²) in [5.74, 6) is 1.59. The lowest BCUT2D eigenvalue weighted by atomic mass is 10.2. The van der Waals surface area contributed by atoms with Gasteiger partial charge in [-0.05, 0) is 12.1 Å². The molecule has 1 heterocycles. The molecule has 1 N–H and O–H groups in total. The molecule has 0 saturated carbocycles. The molecule has 4 heteroatoms. The molecule has 0 aromatic heterocycles. The van der Waals surface area contributed by atoms with Crippen LogP contribution in [0, 0.1) is 11.3 Å². The van der Waals surface area contributed by atoms with Crippen molar-refractivity contribution in [1.82, 2.24) is 5.32 Å². The highest BCUT2D eigenvalue weighted by Gasteiger charge is 2.19. The van der Waals surface area contributed by atoms with Crippen molar-refractivity contribution in [3.8, 4) is 17.6 Å². The number of nitriles is 1. The van der Waals surface area contributed by atoms with Crippen molar-refractivity contribution in [2.45, 2.75) is 12.5 Å². The number of hydrogen-bond acceptors (Lipinski definition) is 4. The molecular weight excluding hydrogens is 204 g/mol. The predicted octanol–water partition coefficient (Wildman–Crippen LogP) is 1.33. The van der Waals surface area contributed by atoms with Gasteiger partial charge < -0.3 is 14.8 Å². The van der Waals surface area contributed by atoms with Crippen molar-refractivity contribution in [1.29, 1.82) is 5.26 Å². The van der Waals surface area contributed by atoms with Crippen LogP contribution >= 0.6 is 0 Å². The molecule has 1 aliphatic heterocycles. The standard InChI is InChI=1S/C12H14N2O2/c13-6-3-7-14-8-10-9-15-11-4-1-2-5-12(11)16-10/h1-2,4-5,10,14H,3,7-9H2. The highest BCUT2D eigenvalue weighted by Crippen LogP contribution is 2.30. The fourth-order valence-electron chi connectivity index (χ4n) is 1.57. The second kappa shape index (κ2) is 5.38. The second-order valence-electron chi connectivity index (χ2n) is 3.61. The van der Waals surface area contributed by atoms with Crippen LogP contribution in [0.15, 0.2) is 24.3 Å². The molecule has 16 heavy (non-hydrogen) atoms. The molecule has 84 valence electrons. The Bertz CT molecular complexity index is 387. The number of ether oxygens (including phenoxy) is 2. The van der Waals surface area contributed by atoms with E-state index >= 15 is 0 Å². The zero-order valence-corrected chi connectivity index (χ0v) is 8.98. The molecule has 4 nitrogen and oxygen atoms in total. The minimum Gasteiger partial charge on any atom is -0.486 e. The van der Waals surface area contributed by atoms with E-state index in [0.717, 1.165) is 11.5 Å². The van der Waals surface area contributed by atoms with Gasteiger partial charge >= 0.3 is 0 Å². The molecule has 0 bridgehead atoms. The van der Waals surface area contributed by atoms with Crippen LogP contribution in [0.25, 0.3) is 0 Å². The van der Waals surface area contributed by atoms with Crippen LogP contribution in [0.3, 0.4) is 0 Å². The Morgan fingerprint density at radius 1 is 1.38 bits per heavy atom. The summed E-state index contributed by atoms with van der Waals surface area (Å²) in [6.07, 6.45) is 0.540. The van der Waals surface area contributed by atoms with Gasteiger partial charge in [0.15, 0.2) is 11.5 Å². The summed E-state index contributed by atoms with van der Waals surface area (Å²) in [5, 5.41) is 11.5. The van der Waals surface area contributed by atoms with Gasteiger partial charge in [-0.15, -0.1) is 0 Å². The number of hydrogen-bond donors (Lipinski definition) is 1. The highest BCUT2D eigenvalue weighted by atomic mass is 16.6. The van der Waals surface area contributed by atoms with Crippen molar-refractivity contribution in [2.24, 2.45) is 0 Å². The van der Waals surface area contributed by atoms with Gasteiger partial charge in [-0.25, -0.2) is 0 Å². The normalized spacial score (nSPS) is 17.8. The molecule has 1 aliphatic rings. The van der Waals surface area contributed by atoms with Gasteiger partial charge in [0.2, 0.25) is 0 Å². The van der Waals surface area contributed by atoms with Crippen molar-refractivity contribution < 1.29 is 9.47 Å². The molecule has 0 radical (unpaired) electrons. The maximum absolute atomic E-state index is 8.39. The number of rotatable bonds is 4. The van der Waals surface area contributed by atoms with Crippen LogP contribution in [0.1, 0.15) is 6.42 Å². The third-order valence-corrected chi connectivity index (χ3v) is 2.35. The van der Waals surface area contributed by atoms with E-state index in [0.29, 0.717) is 26.1 Å². The Hall–Kier alpha value is -1.73. The predicted molar refractivity (Wildman–Crippen MR) is 59.5 cm³/mol. The first-order valence-corrected chi connectivity index (χ1v) is 5.36. The average Bonchev–Trinajstić information content (AvgIpc) is 2.34. The summed E-state index contributed by atoms with van der Waals surface area (Å²) in [6, 6.07) is 9.73. The lowest BCUT2D eigenvalue weighted by molar-refractivity contribution is 0.0907. The van der Waals surface area contributed by atoms with E-state index in [1.165, 1.54) is 0 Å². The summed E-state index contributed by atoms with van der Waals surface area (Å²) in [6.45, 7) is 1.95. The van der Waals surface area contributed by atoms with E-state index in [9.17, 15) is 0 Å². The summed E-state index contributed by atoms with van der Waals surface area (Å²) < 4.78 is 11.3. The lowest BCUT2D eigenvalue weighted by Crippen LogP contribution is -2.38. The Labute approximate surface area is 94.8 Å². The summed E-state index contributed by atoms with van der Waals surface area (Å²) in [7, 11) is 0. The second-order valence-corrected chi connectivity index (χ2v) is 3.61. The van der Waals surface area contributed by atoms with Gasteiger partial charge in [0, 0.05) is 19.5 Å². The van der Waals surface area contributed by atoms with Crippen LogP contribution in [0.4, 0.5) is 0 Å². The van der Waals surface area contributed by atoms with E-state index in [2.05, 4.69) is 11.4 Å². The van der Waals surface area contributed by atoms with E-state index in [-0.39, 0.29) is 6.10 Å². The molecule has 2 rings (SSSR count). The van der Waals surface area contributed by atoms with E-state index in [4.69, 9.17) is 14.7 Å². The quantitative estimate of drug-likeness (QED) is 0.775. The molecular formula is C12H14N2O2. The first-order chi connectivity index (χ1) is 7.90. The number of benzene rings is 1. The molecule has 0 fully saturated rings. The third kappa shape index (κ3) is 2.65. The molecule has 1 aromatic carbocycles. The van der Waals surface area contributed by atoms with Crippen molar-refractivity contribution in [3.05, 3.63) is 24.3 Å². The molecule has 1 atom stereocenters. The SMILES string of the molecule is N#CCCNCC1COc2ccccc2O1. The molecule has 1 aromatic rings. The van der Waals surface area contributed by atoms with Crippen molar-refractivity contribution in [3.63, 3.8) is 0 Å². The molecule has 0 aliphatic carbocycles. The van der Waals surface area contributed by atoms with E-state index < -0.39 is 0 Å². The van der Waals surface area contributed by atoms with E-state index in [1.807, 2.05) is 24.3 Å². The molecule has 0 spiro atoms. The zero-order valence-electron chi connectivity index (χ0n) is 8.98. The smallest absolute Gasteiger partial charge is 0.161 e. The van der Waals surface area contributed by atoms with Gasteiger partial charge in [-0.1, -0.05) is 12.1 Å². The van der Waals surface area contributed by atoms with Gasteiger partial charge in [-0.2, -0.15) is 5.26 Å². The average molecular weight is 218 g/mol. The van der Waals surface area contributed by atoms with Crippen LogP contribution in [-0.4, -0.2) is 25.8 Å². The first-order valence-electron chi connectivity index (χ1n) is 5.36. The van der Waals surface area contributed by atoms with Crippen LogP contribution < -0.4 is 14.8 Å². The van der Waals surface area contributed by atoms with Crippen molar-refractivity contribution >= 4 is 0 Å². The number of fused-ring (bicyclic) bond motifs is 1. The van der Waals surface area contributed by atoms with Crippen LogP contribution in [-0.2, 0) is 0 Å². The number of nitrogens with one attached hydrogen (secondary N) is 1.